The van der Waals surface area contributed by atoms with E-state index in [0.717, 1.165) is 25.1 Å². The molecule has 2 rings (SSSR count). The third-order valence-electron chi connectivity index (χ3n) is 2.13. The number of hydrogen-bond donors (Lipinski definition) is 0. The first-order chi connectivity index (χ1) is 6.18. The Morgan fingerprint density at radius 3 is 3.15 bits per heavy atom. The van der Waals surface area contributed by atoms with Crippen LogP contribution in [0.25, 0.3) is 0 Å². The molecule has 1 atom stereocenters. The van der Waals surface area contributed by atoms with E-state index in [1.54, 1.807) is 10.7 Å². The van der Waals surface area contributed by atoms with Gasteiger partial charge in [0.15, 0.2) is 0 Å². The normalized spacial score (nSPS) is 21.2. The molecule has 70 valence electrons. The van der Waals surface area contributed by atoms with Gasteiger partial charge in [0.1, 0.15) is 0 Å². The number of fused-ring (bicyclic) bond motifs is 1. The second-order valence-electron chi connectivity index (χ2n) is 3.02. The van der Waals surface area contributed by atoms with Crippen molar-refractivity contribution < 1.29 is 4.92 Å². The Kier molecular flexibility index (Phi) is 2.07. The van der Waals surface area contributed by atoms with Crippen molar-refractivity contribution in [3.05, 3.63) is 21.9 Å². The van der Waals surface area contributed by atoms with Crippen LogP contribution in [0.1, 0.15) is 23.4 Å². The summed E-state index contributed by atoms with van der Waals surface area (Å²) in [5.74, 6) is -0.0543. The number of nitrogens with zero attached hydrogens (tertiary/aromatic N) is 3. The molecule has 6 heteroatoms. The van der Waals surface area contributed by atoms with E-state index in [9.17, 15) is 10.1 Å². The van der Waals surface area contributed by atoms with E-state index in [-0.39, 0.29) is 10.6 Å². The zero-order valence-electron chi connectivity index (χ0n) is 6.81. The molecule has 0 fully saturated rings. The van der Waals surface area contributed by atoms with Crippen LogP contribution in [-0.2, 0) is 6.54 Å². The first-order valence-electron chi connectivity index (χ1n) is 4.04. The fourth-order valence-electron chi connectivity index (χ4n) is 1.51. The molecule has 0 N–H and O–H groups in total. The smallest absolute Gasteiger partial charge is 0.358 e. The number of nitro groups is 1. The van der Waals surface area contributed by atoms with Gasteiger partial charge < -0.3 is 10.1 Å². The van der Waals surface area contributed by atoms with Gasteiger partial charge in [-0.25, -0.2) is 0 Å². The second-order valence-corrected chi connectivity index (χ2v) is 4.12. The maximum atomic E-state index is 10.4. The molecule has 0 aromatic carbocycles. The third kappa shape index (κ3) is 1.46. The van der Waals surface area contributed by atoms with E-state index in [2.05, 4.69) is 21.0 Å². The molecule has 5 nitrogen and oxygen atoms in total. The van der Waals surface area contributed by atoms with Crippen LogP contribution in [0.5, 0.6) is 0 Å². The molecule has 0 radical (unpaired) electrons. The first kappa shape index (κ1) is 8.68. The molecule has 0 aliphatic carbocycles. The third-order valence-corrected chi connectivity index (χ3v) is 3.06. The van der Waals surface area contributed by atoms with Gasteiger partial charge in [0, 0.05) is 0 Å². The van der Waals surface area contributed by atoms with Crippen molar-refractivity contribution in [3.63, 3.8) is 0 Å². The fourth-order valence-corrected chi connectivity index (χ4v) is 2.20. The molecule has 1 aliphatic rings. The summed E-state index contributed by atoms with van der Waals surface area (Å²) < 4.78 is 1.71. The van der Waals surface area contributed by atoms with E-state index in [4.69, 9.17) is 0 Å². The monoisotopic (exact) mass is 245 g/mol. The highest BCUT2D eigenvalue weighted by atomic mass is 79.9. The summed E-state index contributed by atoms with van der Waals surface area (Å²) in [5.41, 5.74) is 0.915. The van der Waals surface area contributed by atoms with Crippen molar-refractivity contribution >= 4 is 21.7 Å². The molecule has 2 heterocycles. The quantitative estimate of drug-likeness (QED) is 0.432. The standard InChI is InChI=1S/C7H8BrN3O2/c8-5-2-1-3-10-6(5)4-7(9-10)11(12)13/h4-5H,1-3H2. The zero-order chi connectivity index (χ0) is 9.42. The number of rotatable bonds is 1. The van der Waals surface area contributed by atoms with Gasteiger partial charge in [-0.2, -0.15) is 4.68 Å². The molecule has 13 heavy (non-hydrogen) atoms. The van der Waals surface area contributed by atoms with E-state index in [1.165, 1.54) is 0 Å². The molecular formula is C7H8BrN3O2. The van der Waals surface area contributed by atoms with E-state index in [0.29, 0.717) is 0 Å². The predicted octanol–water partition coefficient (Wildman–Crippen LogP) is 2.02. The van der Waals surface area contributed by atoms with E-state index in [1.807, 2.05) is 0 Å². The maximum absolute atomic E-state index is 10.4. The van der Waals surface area contributed by atoms with Crippen molar-refractivity contribution in [3.8, 4) is 0 Å². The van der Waals surface area contributed by atoms with Crippen LogP contribution < -0.4 is 0 Å². The van der Waals surface area contributed by atoms with Gasteiger partial charge in [0.25, 0.3) is 0 Å². The highest BCUT2D eigenvalue weighted by Gasteiger charge is 2.25. The lowest BCUT2D eigenvalue weighted by atomic mass is 10.1. The van der Waals surface area contributed by atoms with Gasteiger partial charge in [-0.3, -0.25) is 0 Å². The highest BCUT2D eigenvalue weighted by molar-refractivity contribution is 9.09. The van der Waals surface area contributed by atoms with E-state index >= 15 is 0 Å². The highest BCUT2D eigenvalue weighted by Crippen LogP contribution is 2.33. The van der Waals surface area contributed by atoms with Gasteiger partial charge in [-0.15, -0.1) is 0 Å². The summed E-state index contributed by atoms with van der Waals surface area (Å²) in [5, 5.41) is 14.3. The molecule has 0 bridgehead atoms. The van der Waals surface area contributed by atoms with Crippen molar-refractivity contribution in [1.82, 2.24) is 9.78 Å². The van der Waals surface area contributed by atoms with Crippen LogP contribution in [-0.4, -0.2) is 14.7 Å². The molecule has 0 spiro atoms. The van der Waals surface area contributed by atoms with Crippen molar-refractivity contribution in [2.75, 3.05) is 0 Å². The van der Waals surface area contributed by atoms with Gasteiger partial charge in [-0.1, -0.05) is 15.9 Å². The van der Waals surface area contributed by atoms with Crippen LogP contribution in [0.3, 0.4) is 0 Å². The molecule has 1 unspecified atom stereocenters. The number of hydrogen-bond acceptors (Lipinski definition) is 3. The fraction of sp³-hybridized carbons (Fsp3) is 0.571. The molecule has 1 aliphatic heterocycles. The Labute approximate surface area is 83.0 Å². The van der Waals surface area contributed by atoms with Crippen molar-refractivity contribution in [2.24, 2.45) is 0 Å². The summed E-state index contributed by atoms with van der Waals surface area (Å²) >= 11 is 3.47. The van der Waals surface area contributed by atoms with Gasteiger partial charge >= 0.3 is 5.82 Å². The largest absolute Gasteiger partial charge is 0.390 e. The van der Waals surface area contributed by atoms with Crippen molar-refractivity contribution in [1.29, 1.82) is 0 Å². The molecule has 0 amide bonds. The van der Waals surface area contributed by atoms with Crippen LogP contribution in [0, 0.1) is 10.1 Å². The Morgan fingerprint density at radius 2 is 2.54 bits per heavy atom. The predicted molar refractivity (Wildman–Crippen MR) is 49.8 cm³/mol. The first-order valence-corrected chi connectivity index (χ1v) is 4.96. The Balaban J connectivity index is 2.42. The Bertz CT molecular complexity index is 350. The van der Waals surface area contributed by atoms with Crippen LogP contribution in [0.2, 0.25) is 0 Å². The lowest BCUT2D eigenvalue weighted by Gasteiger charge is -2.14. The van der Waals surface area contributed by atoms with Crippen molar-refractivity contribution in [2.45, 2.75) is 24.2 Å². The summed E-state index contributed by atoms with van der Waals surface area (Å²) in [6.45, 7) is 0.783. The maximum Gasteiger partial charge on any atom is 0.390 e. The van der Waals surface area contributed by atoms with Gasteiger partial charge in [0.05, 0.1) is 28.2 Å². The summed E-state index contributed by atoms with van der Waals surface area (Å²) in [6.07, 6.45) is 2.03. The van der Waals surface area contributed by atoms with Crippen LogP contribution in [0.15, 0.2) is 6.07 Å². The van der Waals surface area contributed by atoms with Gasteiger partial charge in [0.2, 0.25) is 0 Å². The minimum absolute atomic E-state index is 0.0543. The topological polar surface area (TPSA) is 61.0 Å². The average Bonchev–Trinajstić information content (AvgIpc) is 2.49. The summed E-state index contributed by atoms with van der Waals surface area (Å²) in [4.78, 5) is 10.2. The average molecular weight is 246 g/mol. The van der Waals surface area contributed by atoms with Gasteiger partial charge in [-0.05, 0) is 17.8 Å². The number of halogens is 1. The minimum Gasteiger partial charge on any atom is -0.358 e. The molecule has 0 saturated carbocycles. The molecule has 1 aromatic heterocycles. The molecular weight excluding hydrogens is 238 g/mol. The van der Waals surface area contributed by atoms with E-state index < -0.39 is 4.92 Å². The molecule has 1 aromatic rings. The van der Waals surface area contributed by atoms with Crippen LogP contribution in [0.4, 0.5) is 5.82 Å². The zero-order valence-corrected chi connectivity index (χ0v) is 8.40. The number of alkyl halides is 1. The molecule has 0 saturated heterocycles. The SMILES string of the molecule is O=[N+]([O-])c1cc2n(n1)CCCC2Br. The number of aryl methyl sites for hydroxylation is 1. The Morgan fingerprint density at radius 1 is 1.77 bits per heavy atom. The minimum atomic E-state index is -0.453. The summed E-state index contributed by atoms with van der Waals surface area (Å²) in [7, 11) is 0. The van der Waals surface area contributed by atoms with Crippen LogP contribution >= 0.6 is 15.9 Å². The number of aromatic nitrogens is 2. The summed E-state index contributed by atoms with van der Waals surface area (Å²) in [6, 6.07) is 1.54. The Hall–Kier alpha value is -0.910. The second kappa shape index (κ2) is 3.10. The lowest BCUT2D eigenvalue weighted by molar-refractivity contribution is -0.389. The lowest BCUT2D eigenvalue weighted by Crippen LogP contribution is -2.12.